The lowest BCUT2D eigenvalue weighted by Gasteiger charge is -2.08. The Morgan fingerprint density at radius 3 is 2.11 bits per heavy atom. The first-order valence-electron chi connectivity index (χ1n) is 5.11. The SMILES string of the molecule is O=C(Oc1cccc(Cl)c1Cl)c1cccc(Cl)c1Cl. The Kier molecular flexibility index (Phi) is 4.58. The minimum atomic E-state index is -0.656. The van der Waals surface area contributed by atoms with E-state index in [1.165, 1.54) is 12.1 Å². The lowest BCUT2D eigenvalue weighted by Crippen LogP contribution is -2.09. The molecule has 0 fully saturated rings. The Labute approximate surface area is 129 Å². The van der Waals surface area contributed by atoms with Gasteiger partial charge >= 0.3 is 5.97 Å². The minimum Gasteiger partial charge on any atom is -0.421 e. The summed E-state index contributed by atoms with van der Waals surface area (Å²) in [6, 6.07) is 9.43. The molecular weight excluding hydrogens is 330 g/mol. The number of halogens is 4. The summed E-state index contributed by atoms with van der Waals surface area (Å²) in [7, 11) is 0. The van der Waals surface area contributed by atoms with Gasteiger partial charge in [-0.05, 0) is 24.3 Å². The zero-order chi connectivity index (χ0) is 14.0. The molecule has 0 spiro atoms. The van der Waals surface area contributed by atoms with Gasteiger partial charge < -0.3 is 4.74 Å². The van der Waals surface area contributed by atoms with E-state index in [-0.39, 0.29) is 26.4 Å². The first kappa shape index (κ1) is 14.5. The van der Waals surface area contributed by atoms with Crippen molar-refractivity contribution in [3.63, 3.8) is 0 Å². The smallest absolute Gasteiger partial charge is 0.345 e. The largest absolute Gasteiger partial charge is 0.421 e. The van der Waals surface area contributed by atoms with Gasteiger partial charge in [0, 0.05) is 0 Å². The third kappa shape index (κ3) is 3.15. The van der Waals surface area contributed by atoms with Crippen LogP contribution in [0.4, 0.5) is 0 Å². The number of carbonyl (C=O) groups is 1. The fraction of sp³-hybridized carbons (Fsp3) is 0. The Morgan fingerprint density at radius 1 is 0.842 bits per heavy atom. The maximum absolute atomic E-state index is 12.0. The molecule has 0 saturated heterocycles. The Hall–Kier alpha value is -0.930. The first-order chi connectivity index (χ1) is 9.00. The van der Waals surface area contributed by atoms with Crippen LogP contribution >= 0.6 is 46.4 Å². The van der Waals surface area contributed by atoms with Crippen LogP contribution in [0.5, 0.6) is 5.75 Å². The van der Waals surface area contributed by atoms with E-state index >= 15 is 0 Å². The van der Waals surface area contributed by atoms with Gasteiger partial charge in [-0.3, -0.25) is 0 Å². The molecule has 0 unspecified atom stereocenters. The van der Waals surface area contributed by atoms with Gasteiger partial charge in [0.15, 0.2) is 5.75 Å². The fourth-order valence-electron chi connectivity index (χ4n) is 1.38. The molecule has 0 bridgehead atoms. The Morgan fingerprint density at radius 2 is 1.42 bits per heavy atom. The maximum Gasteiger partial charge on any atom is 0.345 e. The van der Waals surface area contributed by atoms with Gasteiger partial charge in [-0.25, -0.2) is 4.79 Å². The highest BCUT2D eigenvalue weighted by Crippen LogP contribution is 2.33. The summed E-state index contributed by atoms with van der Waals surface area (Å²) in [6.07, 6.45) is 0. The molecule has 2 aromatic rings. The monoisotopic (exact) mass is 334 g/mol. The molecule has 6 heteroatoms. The molecule has 2 nitrogen and oxygen atoms in total. The third-order valence-corrected chi connectivity index (χ3v) is 3.91. The van der Waals surface area contributed by atoms with Crippen molar-refractivity contribution >= 4 is 52.4 Å². The zero-order valence-electron chi connectivity index (χ0n) is 9.29. The van der Waals surface area contributed by atoms with Gasteiger partial charge in [-0.2, -0.15) is 0 Å². The van der Waals surface area contributed by atoms with Crippen LogP contribution in [0.2, 0.25) is 20.1 Å². The topological polar surface area (TPSA) is 26.3 Å². The standard InChI is InChI=1S/C13H6Cl4O2/c14-8-4-1-3-7(11(8)16)13(18)19-10-6-2-5-9(15)12(10)17/h1-6H. The summed E-state index contributed by atoms with van der Waals surface area (Å²) >= 11 is 23.5. The number of esters is 1. The van der Waals surface area contributed by atoms with Gasteiger partial charge in [-0.1, -0.05) is 58.5 Å². The summed E-state index contributed by atoms with van der Waals surface area (Å²) in [5, 5.41) is 0.862. The highest BCUT2D eigenvalue weighted by atomic mass is 35.5. The minimum absolute atomic E-state index is 0.132. The molecular formula is C13H6Cl4O2. The maximum atomic E-state index is 12.0. The molecule has 19 heavy (non-hydrogen) atoms. The van der Waals surface area contributed by atoms with E-state index < -0.39 is 5.97 Å². The molecule has 0 heterocycles. The van der Waals surface area contributed by atoms with Gasteiger partial charge in [-0.15, -0.1) is 0 Å². The molecule has 0 saturated carbocycles. The Bertz CT molecular complexity index is 641. The van der Waals surface area contributed by atoms with Crippen molar-refractivity contribution in [1.82, 2.24) is 0 Å². The van der Waals surface area contributed by atoms with E-state index in [1.807, 2.05) is 0 Å². The van der Waals surface area contributed by atoms with E-state index in [0.29, 0.717) is 5.02 Å². The van der Waals surface area contributed by atoms with Crippen molar-refractivity contribution in [1.29, 1.82) is 0 Å². The molecule has 0 amide bonds. The van der Waals surface area contributed by atoms with Gasteiger partial charge in [0.1, 0.15) is 5.02 Å². The van der Waals surface area contributed by atoms with Crippen LogP contribution in [0.15, 0.2) is 36.4 Å². The molecule has 2 rings (SSSR count). The lowest BCUT2D eigenvalue weighted by atomic mass is 10.2. The number of hydrogen-bond acceptors (Lipinski definition) is 2. The second-order valence-electron chi connectivity index (χ2n) is 3.54. The summed E-state index contributed by atoms with van der Waals surface area (Å²) in [5.74, 6) is -0.494. The van der Waals surface area contributed by atoms with Crippen molar-refractivity contribution in [3.05, 3.63) is 62.1 Å². The van der Waals surface area contributed by atoms with Gasteiger partial charge in [0.25, 0.3) is 0 Å². The Balaban J connectivity index is 2.31. The normalized spacial score (nSPS) is 10.3. The fourth-order valence-corrected chi connectivity index (χ4v) is 2.09. The van der Waals surface area contributed by atoms with Gasteiger partial charge in [0.05, 0.1) is 20.6 Å². The molecule has 0 N–H and O–H groups in total. The van der Waals surface area contributed by atoms with E-state index in [0.717, 1.165) is 0 Å². The van der Waals surface area contributed by atoms with Crippen molar-refractivity contribution in [2.45, 2.75) is 0 Å². The highest BCUT2D eigenvalue weighted by Gasteiger charge is 2.16. The van der Waals surface area contributed by atoms with Crippen LogP contribution in [-0.4, -0.2) is 5.97 Å². The zero-order valence-corrected chi connectivity index (χ0v) is 12.3. The summed E-state index contributed by atoms with van der Waals surface area (Å²) in [5.41, 5.74) is 0.158. The lowest BCUT2D eigenvalue weighted by molar-refractivity contribution is 0.0735. The van der Waals surface area contributed by atoms with Crippen LogP contribution in [0.1, 0.15) is 10.4 Å². The average molecular weight is 336 g/mol. The number of ether oxygens (including phenoxy) is 1. The predicted molar refractivity (Wildman–Crippen MR) is 77.9 cm³/mol. The third-order valence-electron chi connectivity index (χ3n) is 2.29. The van der Waals surface area contributed by atoms with E-state index in [9.17, 15) is 4.79 Å². The quantitative estimate of drug-likeness (QED) is 0.533. The number of hydrogen-bond donors (Lipinski definition) is 0. The summed E-state index contributed by atoms with van der Waals surface area (Å²) < 4.78 is 5.15. The highest BCUT2D eigenvalue weighted by molar-refractivity contribution is 6.44. The van der Waals surface area contributed by atoms with Crippen LogP contribution in [0, 0.1) is 0 Å². The molecule has 0 radical (unpaired) electrons. The molecule has 98 valence electrons. The number of carbonyl (C=O) groups excluding carboxylic acids is 1. The van der Waals surface area contributed by atoms with E-state index in [1.54, 1.807) is 24.3 Å². The van der Waals surface area contributed by atoms with Crippen LogP contribution in [0.25, 0.3) is 0 Å². The van der Waals surface area contributed by atoms with Gasteiger partial charge in [0.2, 0.25) is 0 Å². The molecule has 0 aliphatic carbocycles. The average Bonchev–Trinajstić information content (AvgIpc) is 2.38. The van der Waals surface area contributed by atoms with Crippen LogP contribution in [0.3, 0.4) is 0 Å². The molecule has 0 aliphatic heterocycles. The molecule has 2 aromatic carbocycles. The second kappa shape index (κ2) is 6.02. The predicted octanol–water partition coefficient (Wildman–Crippen LogP) is 5.52. The van der Waals surface area contributed by atoms with Crippen molar-refractivity contribution in [3.8, 4) is 5.75 Å². The molecule has 0 aromatic heterocycles. The van der Waals surface area contributed by atoms with Crippen LogP contribution in [-0.2, 0) is 0 Å². The van der Waals surface area contributed by atoms with Crippen molar-refractivity contribution < 1.29 is 9.53 Å². The summed E-state index contributed by atoms with van der Waals surface area (Å²) in [4.78, 5) is 12.0. The van der Waals surface area contributed by atoms with E-state index in [2.05, 4.69) is 0 Å². The van der Waals surface area contributed by atoms with E-state index in [4.69, 9.17) is 51.1 Å². The summed E-state index contributed by atoms with van der Waals surface area (Å²) in [6.45, 7) is 0. The molecule has 0 atom stereocenters. The second-order valence-corrected chi connectivity index (χ2v) is 5.11. The number of benzene rings is 2. The van der Waals surface area contributed by atoms with Crippen LogP contribution < -0.4 is 4.74 Å². The van der Waals surface area contributed by atoms with Crippen molar-refractivity contribution in [2.75, 3.05) is 0 Å². The first-order valence-corrected chi connectivity index (χ1v) is 6.62. The van der Waals surface area contributed by atoms with Crippen molar-refractivity contribution in [2.24, 2.45) is 0 Å². The molecule has 0 aliphatic rings. The number of rotatable bonds is 2.